The number of nitrogens with one attached hydrogen (secondary N) is 3. The smallest absolute Gasteiger partial charge is 0.418 e. The van der Waals surface area contributed by atoms with Gasteiger partial charge in [-0.25, -0.2) is 37.5 Å². The topological polar surface area (TPSA) is 264 Å². The quantitative estimate of drug-likeness (QED) is 0.0355. The number of halogens is 7. The lowest BCUT2D eigenvalue weighted by Crippen LogP contribution is -2.16. The van der Waals surface area contributed by atoms with Crippen LogP contribution in [0, 0.1) is 23.3 Å². The van der Waals surface area contributed by atoms with Gasteiger partial charge in [0, 0.05) is 75.8 Å². The Balaban J connectivity index is 0.000000127. The van der Waals surface area contributed by atoms with Gasteiger partial charge in [0.1, 0.15) is 46.0 Å². The maximum absolute atomic E-state index is 13.5. The number of para-hydroxylation sites is 1. The second kappa shape index (κ2) is 42.0. The van der Waals surface area contributed by atoms with Gasteiger partial charge < -0.3 is 61.4 Å². The molecule has 8 aromatic carbocycles. The summed E-state index contributed by atoms with van der Waals surface area (Å²) in [7, 11) is 3.09. The minimum absolute atomic E-state index is 0.00983. The van der Waals surface area contributed by atoms with Crippen molar-refractivity contribution in [1.82, 2.24) is 38.2 Å². The number of Topliss-reactive ketones (excluding diaryl/α,β-unsaturated/α-hetero) is 2. The molecule has 0 bridgehead atoms. The molecule has 0 saturated heterocycles. The Hall–Kier alpha value is -15.4. The minimum atomic E-state index is -4.62. The van der Waals surface area contributed by atoms with E-state index >= 15 is 0 Å². The molecule has 20 rings (SSSR count). The summed E-state index contributed by atoms with van der Waals surface area (Å²) in [5, 5.41) is 8.05. The second-order valence-electron chi connectivity index (χ2n) is 34.2. The van der Waals surface area contributed by atoms with Crippen LogP contribution >= 0.6 is 0 Å². The molecule has 0 aliphatic heterocycles. The normalized spacial score (nSPS) is 14.0. The summed E-state index contributed by atoms with van der Waals surface area (Å²) in [6, 6.07) is 64.0. The van der Waals surface area contributed by atoms with E-state index in [2.05, 4.69) is 56.5 Å². The van der Waals surface area contributed by atoms with Gasteiger partial charge in [-0.2, -0.15) is 13.2 Å². The zero-order chi connectivity index (χ0) is 95.4. The van der Waals surface area contributed by atoms with Gasteiger partial charge >= 0.3 is 6.18 Å². The zero-order valence-electron chi connectivity index (χ0n) is 75.6. The average Bonchev–Trinajstić information content (AvgIpc) is 1.64. The van der Waals surface area contributed by atoms with E-state index in [0.29, 0.717) is 92.3 Å². The Bertz CT molecular complexity index is 6940. The molecule has 3 N–H and O–H groups in total. The highest BCUT2D eigenvalue weighted by molar-refractivity contribution is 6.05. The molecule has 137 heavy (non-hydrogen) atoms. The molecule has 3 amide bonds. The number of carbonyl (C=O) groups excluding carboxylic acids is 5. The van der Waals surface area contributed by atoms with E-state index in [4.69, 9.17) is 27.1 Å². The molecular weight excluding hydrogens is 1760 g/mol. The Morgan fingerprint density at radius 3 is 1.07 bits per heavy atom. The van der Waals surface area contributed by atoms with Crippen molar-refractivity contribution in [2.24, 2.45) is 0 Å². The molecule has 22 nitrogen and oxygen atoms in total. The summed E-state index contributed by atoms with van der Waals surface area (Å²) in [6.07, 6.45) is 21.1. The summed E-state index contributed by atoms with van der Waals surface area (Å²) >= 11 is 0. The molecule has 700 valence electrons. The zero-order valence-corrected chi connectivity index (χ0v) is 75.6. The number of alkyl halides is 3. The van der Waals surface area contributed by atoms with Crippen LogP contribution in [0.5, 0.6) is 11.5 Å². The standard InChI is InChI=1S/C28H25FN2O3.C27H26FN3O4.C27H26FN3O2.C26H21F4N3O2/c1-18(32)20-8-6-19(7-9-20)16-24(33)25-14-15-26(34-25)28-27(21-10-12-22(29)13-11-21)30-17-31(28)23-4-2-3-5-23;1-33-21-12-11-19(15-24(21)34-2)30-27(32)23-14-13-22(35-23)26-25(17-7-9-18(28)10-8-17)29-16-31(26)20-5-3-4-6-20;1-2-18-6-5-7-21(16-18)30-27(32)24-15-14-23(33-24)26-25(19-10-12-20(28)13-11-19)29-17-31(26)22-8-3-4-9-22;27-17-11-9-16(10-12-17)23-24(33(15-31-23)18-5-1-2-6-18)21-13-14-22(35-21)25(34)32-20-8-4-3-7-19(20)26(28,29)30/h6-15,17,23H,2-5,16H2,1H3;7-16,20H,3-6H2,1-2H3,(H,30,32);5-7,10-17,22H,2-4,8-9H2,1H3,(H,30,32);3-4,7-15,18H,1-2,5-6H2,(H,32,34). The second-order valence-corrected chi connectivity index (χ2v) is 34.2. The minimum Gasteiger partial charge on any atom is -0.493 e. The van der Waals surface area contributed by atoms with Crippen molar-refractivity contribution >= 4 is 46.4 Å². The van der Waals surface area contributed by atoms with Crippen LogP contribution in [-0.4, -0.2) is 81.7 Å². The fourth-order valence-corrected chi connectivity index (χ4v) is 18.2. The maximum atomic E-state index is 13.5. The lowest BCUT2D eigenvalue weighted by atomic mass is 10.0. The number of furan rings is 4. The van der Waals surface area contributed by atoms with Crippen molar-refractivity contribution in [2.45, 2.75) is 160 Å². The van der Waals surface area contributed by atoms with E-state index in [1.165, 1.54) is 113 Å². The highest BCUT2D eigenvalue weighted by Crippen LogP contribution is 2.46. The molecule has 4 aliphatic carbocycles. The third-order valence-corrected chi connectivity index (χ3v) is 25.3. The van der Waals surface area contributed by atoms with Gasteiger partial charge in [-0.1, -0.05) is 107 Å². The fourth-order valence-electron chi connectivity index (χ4n) is 18.2. The molecule has 0 spiro atoms. The maximum Gasteiger partial charge on any atom is 0.418 e. The van der Waals surface area contributed by atoms with Gasteiger partial charge in [-0.15, -0.1) is 0 Å². The molecular formula is C108H98F7N11O11. The van der Waals surface area contributed by atoms with Crippen LogP contribution in [0.2, 0.25) is 0 Å². The first kappa shape index (κ1) is 93.4. The molecule has 4 saturated carbocycles. The van der Waals surface area contributed by atoms with Gasteiger partial charge in [0.25, 0.3) is 17.7 Å². The summed E-state index contributed by atoms with van der Waals surface area (Å²) in [5.74, 6) is 0.717. The van der Waals surface area contributed by atoms with Crippen molar-refractivity contribution in [3.05, 3.63) is 330 Å². The number of ketones is 2. The number of hydrogen-bond acceptors (Lipinski definition) is 15. The predicted octanol–water partition coefficient (Wildman–Crippen LogP) is 27.2. The molecule has 4 fully saturated rings. The van der Waals surface area contributed by atoms with E-state index in [0.717, 1.165) is 146 Å². The van der Waals surface area contributed by atoms with Gasteiger partial charge in [0.05, 0.1) is 73.6 Å². The Morgan fingerprint density at radius 1 is 0.372 bits per heavy atom. The first-order chi connectivity index (χ1) is 66.5. The number of aryl methyl sites for hydroxylation is 1. The Kier molecular flexibility index (Phi) is 28.6. The van der Waals surface area contributed by atoms with Crippen LogP contribution in [0.25, 0.3) is 90.8 Å². The predicted molar refractivity (Wildman–Crippen MR) is 506 cm³/mol. The number of amides is 3. The third kappa shape index (κ3) is 21.5. The van der Waals surface area contributed by atoms with Crippen LogP contribution in [0.15, 0.2) is 280 Å². The monoisotopic (exact) mass is 1860 g/mol. The molecule has 16 aromatic rings. The molecule has 0 unspecified atom stereocenters. The molecule has 0 atom stereocenters. The molecule has 4 aliphatic rings. The van der Waals surface area contributed by atoms with Crippen LogP contribution in [0.4, 0.5) is 47.8 Å². The van der Waals surface area contributed by atoms with E-state index in [1.54, 1.807) is 135 Å². The molecule has 8 aromatic heterocycles. The van der Waals surface area contributed by atoms with Crippen molar-refractivity contribution in [3.63, 3.8) is 0 Å². The van der Waals surface area contributed by atoms with Crippen molar-refractivity contribution < 1.29 is 81.8 Å². The number of anilines is 3. The van der Waals surface area contributed by atoms with Crippen LogP contribution < -0.4 is 25.4 Å². The van der Waals surface area contributed by atoms with E-state index in [9.17, 15) is 54.7 Å². The average molecular weight is 1860 g/mol. The number of hydrogen-bond donors (Lipinski definition) is 3. The van der Waals surface area contributed by atoms with Gasteiger partial charge in [-0.05, 0) is 258 Å². The largest absolute Gasteiger partial charge is 0.493 e. The van der Waals surface area contributed by atoms with Crippen LogP contribution in [0.3, 0.4) is 0 Å². The summed E-state index contributed by atoms with van der Waals surface area (Å²) in [4.78, 5) is 81.5. The number of imidazole rings is 4. The first-order valence-corrected chi connectivity index (χ1v) is 45.8. The van der Waals surface area contributed by atoms with E-state index in [1.807, 2.05) is 59.9 Å². The lowest BCUT2D eigenvalue weighted by Gasteiger charge is -2.15. The van der Waals surface area contributed by atoms with Gasteiger partial charge in [0.2, 0.25) is 5.78 Å². The van der Waals surface area contributed by atoms with Crippen molar-refractivity contribution in [3.8, 4) is 102 Å². The molecule has 29 heteroatoms. The highest BCUT2D eigenvalue weighted by atomic mass is 19.4. The Morgan fingerprint density at radius 2 is 0.715 bits per heavy atom. The number of methoxy groups -OCH3 is 2. The summed E-state index contributed by atoms with van der Waals surface area (Å²) in [5.41, 5.74) is 11.4. The summed E-state index contributed by atoms with van der Waals surface area (Å²) in [6.45, 7) is 3.59. The fraction of sp³-hybridized carbons (Fsp3) is 0.250. The van der Waals surface area contributed by atoms with E-state index in [-0.39, 0.29) is 81.9 Å². The molecule has 8 heterocycles. The number of benzene rings is 8. The number of carbonyl (C=O) groups is 5. The first-order valence-electron chi connectivity index (χ1n) is 45.8. The van der Waals surface area contributed by atoms with Crippen LogP contribution in [0.1, 0.15) is 210 Å². The lowest BCUT2D eigenvalue weighted by molar-refractivity contribution is -0.136. The van der Waals surface area contributed by atoms with Crippen molar-refractivity contribution in [1.29, 1.82) is 0 Å². The number of ether oxygens (including phenoxy) is 2. The van der Waals surface area contributed by atoms with Gasteiger partial charge in [-0.3, -0.25) is 24.0 Å². The number of aromatic nitrogens is 8. The number of rotatable bonds is 25. The van der Waals surface area contributed by atoms with E-state index < -0.39 is 23.6 Å². The molecule has 0 radical (unpaired) electrons. The third-order valence-electron chi connectivity index (χ3n) is 25.3. The summed E-state index contributed by atoms with van der Waals surface area (Å²) < 4.78 is 137. The van der Waals surface area contributed by atoms with Gasteiger partial charge in [0.15, 0.2) is 63.4 Å². The van der Waals surface area contributed by atoms with Crippen LogP contribution in [-0.2, 0) is 19.0 Å². The Labute approximate surface area is 785 Å². The number of nitrogens with zero attached hydrogens (tertiary/aromatic N) is 8. The SMILES string of the molecule is CC(=O)c1ccc(CC(=O)c2ccc(-c3c(-c4ccc(F)cc4)ncn3C3CCCC3)o2)cc1.CCc1cccc(NC(=O)c2ccc(-c3c(-c4ccc(F)cc4)ncn3C3CCCC3)o2)c1.COc1ccc(NC(=O)c2ccc(-c3c(-c4ccc(F)cc4)ncn3C3CCCC3)o2)cc1OC.O=C(Nc1ccccc1C(F)(F)F)c1ccc(-c2c(-c3ccc(F)cc3)ncn2C2CCCC2)o1. The highest BCUT2D eigenvalue weighted by Gasteiger charge is 2.36. The van der Waals surface area contributed by atoms with Crippen molar-refractivity contribution in [2.75, 3.05) is 30.2 Å².